The van der Waals surface area contributed by atoms with Crippen molar-refractivity contribution in [2.75, 3.05) is 0 Å². The van der Waals surface area contributed by atoms with E-state index in [9.17, 15) is 0 Å². The first-order chi connectivity index (χ1) is 4.81. The Kier molecular flexibility index (Phi) is 8.69. The van der Waals surface area contributed by atoms with E-state index in [1.165, 1.54) is 0 Å². The molecule has 0 saturated carbocycles. The zero-order chi connectivity index (χ0) is 7.82. The standard InChI is InChI=1S/H12O5Si5/c1-10(4-8-2-6)5-9-3-7/h1,10H,8-9H2,6-7H3. The minimum absolute atomic E-state index is 0.679. The lowest BCUT2D eigenvalue weighted by Gasteiger charge is -2.08. The molecule has 0 aliphatic carbocycles. The Labute approximate surface area is 72.2 Å². The summed E-state index contributed by atoms with van der Waals surface area (Å²) in [5, 5.41) is 0. The summed E-state index contributed by atoms with van der Waals surface area (Å²) in [5.41, 5.74) is 0. The third-order valence-electron chi connectivity index (χ3n) is 0.657. The Morgan fingerprint density at radius 3 is 1.80 bits per heavy atom. The highest BCUT2D eigenvalue weighted by atomic mass is 28.4. The average Bonchev–Trinajstić information content (AvgIpc) is 1.97. The van der Waals surface area contributed by atoms with Gasteiger partial charge in [-0.3, -0.25) is 0 Å². The highest BCUT2D eigenvalue weighted by Crippen LogP contribution is 1.80. The van der Waals surface area contributed by atoms with E-state index in [0.29, 0.717) is 21.0 Å². The van der Waals surface area contributed by atoms with Gasteiger partial charge in [0.2, 0.25) is 0 Å². The fraction of sp³-hybridized carbons (Fsp3) is 0. The summed E-state index contributed by atoms with van der Waals surface area (Å²) >= 11 is 0. The first kappa shape index (κ1) is 10.9. The smallest absolute Gasteiger partial charge is 0.449 e. The maximum Gasteiger partial charge on any atom is 0.462 e. The molecule has 10 heteroatoms. The van der Waals surface area contributed by atoms with Crippen molar-refractivity contribution in [3.8, 4) is 0 Å². The zero-order valence-electron chi connectivity index (χ0n) is 6.07. The second-order valence-electron chi connectivity index (χ2n) is 1.45. The van der Waals surface area contributed by atoms with Crippen LogP contribution >= 0.6 is 0 Å². The van der Waals surface area contributed by atoms with Gasteiger partial charge in [-0.15, -0.1) is 0 Å². The van der Waals surface area contributed by atoms with Crippen LogP contribution in [-0.4, -0.2) is 55.3 Å². The molecule has 10 heavy (non-hydrogen) atoms. The third kappa shape index (κ3) is 7.00. The second-order valence-corrected chi connectivity index (χ2v) is 9.82. The monoisotopic (exact) mass is 232 g/mol. The molecule has 0 bridgehead atoms. The first-order valence-corrected chi connectivity index (χ1v) is 8.10. The summed E-state index contributed by atoms with van der Waals surface area (Å²) in [4.78, 5) is 8.95. The Hall–Kier alpha value is 0.884. The van der Waals surface area contributed by atoms with E-state index in [2.05, 4.69) is 0 Å². The largest absolute Gasteiger partial charge is 0.462 e. The molecule has 0 aliphatic heterocycles. The van der Waals surface area contributed by atoms with Crippen molar-refractivity contribution < 1.29 is 21.3 Å². The summed E-state index contributed by atoms with van der Waals surface area (Å²) in [6.07, 6.45) is 0. The van der Waals surface area contributed by atoms with Crippen molar-refractivity contribution in [3.63, 3.8) is 0 Å². The molecular weight excluding hydrogens is 220 g/mol. The lowest BCUT2D eigenvalue weighted by atomic mass is 15.7. The molecule has 0 spiro atoms. The summed E-state index contributed by atoms with van der Waals surface area (Å²) in [7, 11) is -2.82. The lowest BCUT2D eigenvalue weighted by molar-refractivity contribution is 0.280. The highest BCUT2D eigenvalue weighted by Gasteiger charge is 2.07. The van der Waals surface area contributed by atoms with E-state index in [-0.39, 0.29) is 0 Å². The normalized spacial score (nSPS) is 16.5. The molecule has 0 heterocycles. The molecule has 0 unspecified atom stereocenters. The highest BCUT2D eigenvalue weighted by molar-refractivity contribution is 6.51. The fourth-order valence-corrected chi connectivity index (χ4v) is 6.02. The second kappa shape index (κ2) is 7.99. The van der Waals surface area contributed by atoms with Crippen LogP contribution in [0, 0.1) is 0 Å². The quantitative estimate of drug-likeness (QED) is 0.463. The molecule has 0 saturated heterocycles. The molecule has 0 radical (unpaired) electrons. The maximum atomic E-state index is 8.95. The van der Waals surface area contributed by atoms with Crippen LogP contribution in [0.25, 0.3) is 0 Å². The summed E-state index contributed by atoms with van der Waals surface area (Å²) < 4.78 is 19.4. The molecule has 0 aromatic carbocycles. The SMILES string of the molecule is O[SiH](O[SiH2]O[SiH3])O[SiH2]O[SiH3]. The van der Waals surface area contributed by atoms with Gasteiger partial charge < -0.3 is 21.3 Å². The lowest BCUT2D eigenvalue weighted by Crippen LogP contribution is -2.27. The van der Waals surface area contributed by atoms with E-state index in [4.69, 9.17) is 21.3 Å². The van der Waals surface area contributed by atoms with Gasteiger partial charge in [0.25, 0.3) is 20.0 Å². The van der Waals surface area contributed by atoms with Crippen molar-refractivity contribution in [2.24, 2.45) is 0 Å². The van der Waals surface area contributed by atoms with Crippen molar-refractivity contribution in [1.82, 2.24) is 0 Å². The zero-order valence-corrected chi connectivity index (χ0v) is 14.1. The van der Waals surface area contributed by atoms with Gasteiger partial charge in [-0.1, -0.05) is 0 Å². The predicted octanol–water partition coefficient (Wildman–Crippen LogP) is -5.68. The van der Waals surface area contributed by atoms with Gasteiger partial charge >= 0.3 is 9.53 Å². The third-order valence-corrected chi connectivity index (χ3v) is 5.91. The molecule has 0 rings (SSSR count). The minimum atomic E-state index is -2.32. The molecule has 0 aromatic rings. The van der Waals surface area contributed by atoms with E-state index in [0.717, 1.165) is 0 Å². The van der Waals surface area contributed by atoms with Crippen LogP contribution in [0.3, 0.4) is 0 Å². The molecule has 0 atom stereocenters. The van der Waals surface area contributed by atoms with Gasteiger partial charge in [-0.25, -0.2) is 0 Å². The number of rotatable bonds is 6. The van der Waals surface area contributed by atoms with Crippen LogP contribution in [0.5, 0.6) is 0 Å². The van der Waals surface area contributed by atoms with E-state index >= 15 is 0 Å². The van der Waals surface area contributed by atoms with Gasteiger partial charge in [-0.05, 0) is 0 Å². The molecular formula is H12O5Si5. The summed E-state index contributed by atoms with van der Waals surface area (Å²) in [5.74, 6) is 0. The molecule has 62 valence electrons. The van der Waals surface area contributed by atoms with E-state index in [1.807, 2.05) is 0 Å². The van der Waals surface area contributed by atoms with Crippen LogP contribution in [0.1, 0.15) is 0 Å². The molecule has 0 aliphatic rings. The molecule has 0 fully saturated rings. The Morgan fingerprint density at radius 2 is 1.50 bits per heavy atom. The Bertz CT molecular complexity index is 59.1. The van der Waals surface area contributed by atoms with Crippen LogP contribution in [0.4, 0.5) is 0 Å². The maximum absolute atomic E-state index is 8.95. The van der Waals surface area contributed by atoms with Crippen molar-refractivity contribution >= 4 is 50.5 Å². The van der Waals surface area contributed by atoms with Crippen LogP contribution in [0.15, 0.2) is 0 Å². The average molecular weight is 233 g/mol. The molecule has 1 N–H and O–H groups in total. The number of hydrogen-bond donors (Lipinski definition) is 1. The van der Waals surface area contributed by atoms with E-state index < -0.39 is 29.5 Å². The van der Waals surface area contributed by atoms with Crippen molar-refractivity contribution in [3.05, 3.63) is 0 Å². The molecule has 0 amide bonds. The van der Waals surface area contributed by atoms with Crippen molar-refractivity contribution in [2.45, 2.75) is 0 Å². The van der Waals surface area contributed by atoms with Crippen LogP contribution in [-0.2, 0) is 16.5 Å². The van der Waals surface area contributed by atoms with Gasteiger partial charge in [0, 0.05) is 0 Å². The summed E-state index contributed by atoms with van der Waals surface area (Å²) in [6.45, 7) is 0. The predicted molar refractivity (Wildman–Crippen MR) is 50.7 cm³/mol. The van der Waals surface area contributed by atoms with Crippen molar-refractivity contribution in [1.29, 1.82) is 0 Å². The van der Waals surface area contributed by atoms with Gasteiger partial charge in [0.05, 0.1) is 0 Å². The first-order valence-electron chi connectivity index (χ1n) is 2.70. The molecule has 0 aromatic heterocycles. The van der Waals surface area contributed by atoms with Gasteiger partial charge in [-0.2, -0.15) is 0 Å². The van der Waals surface area contributed by atoms with Crippen LogP contribution in [0.2, 0.25) is 0 Å². The topological polar surface area (TPSA) is 57.2 Å². The van der Waals surface area contributed by atoms with Gasteiger partial charge in [0.15, 0.2) is 0 Å². The van der Waals surface area contributed by atoms with E-state index in [1.54, 1.807) is 0 Å². The Balaban J connectivity index is 3.00. The fourth-order valence-electron chi connectivity index (χ4n) is 0.301. The van der Waals surface area contributed by atoms with Crippen LogP contribution < -0.4 is 0 Å². The molecule has 5 nitrogen and oxygen atoms in total. The van der Waals surface area contributed by atoms with Gasteiger partial charge in [0.1, 0.15) is 21.0 Å². The number of hydrogen-bond acceptors (Lipinski definition) is 5. The Morgan fingerprint density at radius 1 is 1.10 bits per heavy atom. The minimum Gasteiger partial charge on any atom is -0.449 e. The summed E-state index contributed by atoms with van der Waals surface area (Å²) in [6, 6.07) is 0.